The van der Waals surface area contributed by atoms with Crippen LogP contribution in [0, 0.1) is 5.92 Å². The fourth-order valence-electron chi connectivity index (χ4n) is 1.26. The van der Waals surface area contributed by atoms with E-state index in [-0.39, 0.29) is 11.2 Å². The van der Waals surface area contributed by atoms with Crippen LogP contribution in [0.15, 0.2) is 0 Å². The molecular formula is C12H23NO3S. The summed E-state index contributed by atoms with van der Waals surface area (Å²) in [5.74, 6) is -0.0525. The Hall–Kier alpha value is -0.710. The largest absolute Gasteiger partial charge is 0.458 e. The molecule has 0 rings (SSSR count). The second-order valence-corrected chi connectivity index (χ2v) is 6.13. The molecule has 0 heterocycles. The third kappa shape index (κ3) is 8.07. The molecule has 0 bridgehead atoms. The minimum atomic E-state index is -0.561. The van der Waals surface area contributed by atoms with Crippen LogP contribution in [0.4, 0.5) is 4.79 Å². The maximum absolute atomic E-state index is 11.9. The van der Waals surface area contributed by atoms with Gasteiger partial charge in [-0.25, -0.2) is 4.79 Å². The average Bonchev–Trinajstić information content (AvgIpc) is 2.13. The molecule has 0 saturated carbocycles. The van der Waals surface area contributed by atoms with Crippen LogP contribution < -0.4 is 5.32 Å². The minimum Gasteiger partial charge on any atom is -0.458 e. The predicted molar refractivity (Wildman–Crippen MR) is 71.1 cm³/mol. The number of hydrogen-bond acceptors (Lipinski definition) is 4. The molecule has 0 aromatic heterocycles. The predicted octanol–water partition coefficient (Wildman–Crippen LogP) is 2.82. The lowest BCUT2D eigenvalue weighted by atomic mass is 10.0. The van der Waals surface area contributed by atoms with Crippen LogP contribution in [0.1, 0.15) is 41.0 Å². The molecule has 1 atom stereocenters. The molecular weight excluding hydrogens is 238 g/mol. The Morgan fingerprint density at radius 3 is 2.18 bits per heavy atom. The van der Waals surface area contributed by atoms with Gasteiger partial charge in [-0.3, -0.25) is 4.79 Å². The molecule has 0 fully saturated rings. The number of ether oxygens (including phenoxy) is 1. The summed E-state index contributed by atoms with van der Waals surface area (Å²) in [7, 11) is 0. The van der Waals surface area contributed by atoms with Crippen LogP contribution in [0.25, 0.3) is 0 Å². The van der Waals surface area contributed by atoms with Gasteiger partial charge in [0.05, 0.1) is 0 Å². The van der Waals surface area contributed by atoms with Crippen LogP contribution in [-0.2, 0) is 9.53 Å². The van der Waals surface area contributed by atoms with E-state index in [2.05, 4.69) is 5.32 Å². The Balaban J connectivity index is 4.56. The van der Waals surface area contributed by atoms with E-state index in [1.54, 1.807) is 6.26 Å². The van der Waals surface area contributed by atoms with Crippen LogP contribution in [0.3, 0.4) is 0 Å². The first-order valence-corrected chi connectivity index (χ1v) is 6.95. The van der Waals surface area contributed by atoms with E-state index in [0.717, 1.165) is 11.8 Å². The number of esters is 1. The minimum absolute atomic E-state index is 0.207. The highest BCUT2D eigenvalue weighted by Gasteiger charge is 2.26. The summed E-state index contributed by atoms with van der Waals surface area (Å²) >= 11 is 1.06. The van der Waals surface area contributed by atoms with Crippen LogP contribution in [-0.4, -0.2) is 29.1 Å². The highest BCUT2D eigenvalue weighted by Crippen LogP contribution is 2.13. The highest BCUT2D eigenvalue weighted by atomic mass is 32.2. The molecule has 0 spiro atoms. The second kappa shape index (κ2) is 6.89. The van der Waals surface area contributed by atoms with Crippen molar-refractivity contribution in [3.63, 3.8) is 0 Å². The number of amides is 1. The molecule has 0 unspecified atom stereocenters. The van der Waals surface area contributed by atoms with Crippen LogP contribution in [0.5, 0.6) is 0 Å². The van der Waals surface area contributed by atoms with Crippen molar-refractivity contribution in [1.82, 2.24) is 5.32 Å². The lowest BCUT2D eigenvalue weighted by Gasteiger charge is -2.25. The summed E-state index contributed by atoms with van der Waals surface area (Å²) in [4.78, 5) is 23.2. The van der Waals surface area contributed by atoms with Crippen molar-refractivity contribution in [1.29, 1.82) is 0 Å². The van der Waals surface area contributed by atoms with Gasteiger partial charge in [-0.2, -0.15) is 0 Å². The molecule has 1 amide bonds. The van der Waals surface area contributed by atoms with Gasteiger partial charge < -0.3 is 10.1 Å². The van der Waals surface area contributed by atoms with Gasteiger partial charge in [-0.15, -0.1) is 0 Å². The van der Waals surface area contributed by atoms with E-state index in [1.165, 1.54) is 0 Å². The zero-order valence-electron chi connectivity index (χ0n) is 11.5. The van der Waals surface area contributed by atoms with Gasteiger partial charge in [0, 0.05) is 0 Å². The smallest absolute Gasteiger partial charge is 0.329 e. The zero-order valence-corrected chi connectivity index (χ0v) is 12.3. The van der Waals surface area contributed by atoms with E-state index < -0.39 is 11.6 Å². The van der Waals surface area contributed by atoms with Gasteiger partial charge >= 0.3 is 5.97 Å². The molecule has 0 aromatic carbocycles. The Morgan fingerprint density at radius 2 is 1.82 bits per heavy atom. The maximum Gasteiger partial charge on any atom is 0.329 e. The molecule has 5 heteroatoms. The second-order valence-electron chi connectivity index (χ2n) is 5.35. The molecule has 0 aromatic rings. The van der Waals surface area contributed by atoms with E-state index in [9.17, 15) is 9.59 Å². The van der Waals surface area contributed by atoms with Crippen molar-refractivity contribution >= 4 is 23.0 Å². The first kappa shape index (κ1) is 16.3. The SMILES string of the molecule is CSC(=O)N[C@@H](CC(C)C)C(=O)OC(C)(C)C. The van der Waals surface area contributed by atoms with Crippen molar-refractivity contribution in [3.8, 4) is 0 Å². The topological polar surface area (TPSA) is 55.4 Å². The molecule has 17 heavy (non-hydrogen) atoms. The molecule has 0 aliphatic rings. The standard InChI is InChI=1S/C12H23NO3S/c1-8(2)7-9(13-11(15)17-6)10(14)16-12(3,4)5/h8-9H,7H2,1-6H3,(H,13,15)/t9-/m0/s1. The van der Waals surface area contributed by atoms with Gasteiger partial charge in [0.15, 0.2) is 0 Å². The lowest BCUT2D eigenvalue weighted by molar-refractivity contribution is -0.157. The number of carbonyl (C=O) groups excluding carboxylic acids is 2. The van der Waals surface area contributed by atoms with E-state index >= 15 is 0 Å². The van der Waals surface area contributed by atoms with Gasteiger partial charge in [-0.1, -0.05) is 25.6 Å². The van der Waals surface area contributed by atoms with E-state index in [0.29, 0.717) is 12.3 Å². The zero-order chi connectivity index (χ0) is 13.6. The first-order valence-electron chi connectivity index (χ1n) is 5.73. The van der Waals surface area contributed by atoms with Crippen LogP contribution >= 0.6 is 11.8 Å². The summed E-state index contributed by atoms with van der Waals surface area (Å²) in [6, 6.07) is -0.561. The molecule has 0 radical (unpaired) electrons. The van der Waals surface area contributed by atoms with Crippen molar-refractivity contribution in [2.24, 2.45) is 5.92 Å². The number of nitrogens with one attached hydrogen (secondary N) is 1. The lowest BCUT2D eigenvalue weighted by Crippen LogP contribution is -2.43. The summed E-state index contributed by atoms with van der Waals surface area (Å²) in [5.41, 5.74) is -0.531. The third-order valence-electron chi connectivity index (χ3n) is 1.88. The Labute approximate surface area is 108 Å². The number of rotatable bonds is 4. The monoisotopic (exact) mass is 261 g/mol. The summed E-state index contributed by atoms with van der Waals surface area (Å²) in [6.07, 6.45) is 2.26. The van der Waals surface area contributed by atoms with Crippen molar-refractivity contribution in [3.05, 3.63) is 0 Å². The average molecular weight is 261 g/mol. The quantitative estimate of drug-likeness (QED) is 0.791. The fraction of sp³-hybridized carbons (Fsp3) is 0.833. The number of thioether (sulfide) groups is 1. The van der Waals surface area contributed by atoms with Gasteiger partial charge in [0.1, 0.15) is 11.6 Å². The molecule has 100 valence electrons. The van der Waals surface area contributed by atoms with Crippen molar-refractivity contribution < 1.29 is 14.3 Å². The number of hydrogen-bond donors (Lipinski definition) is 1. The van der Waals surface area contributed by atoms with Gasteiger partial charge in [0.2, 0.25) is 0 Å². The maximum atomic E-state index is 11.9. The molecule has 0 aliphatic heterocycles. The van der Waals surface area contributed by atoms with Gasteiger partial charge in [-0.05, 0) is 39.4 Å². The Morgan fingerprint density at radius 1 is 1.29 bits per heavy atom. The number of carbonyl (C=O) groups is 2. The highest BCUT2D eigenvalue weighted by molar-refractivity contribution is 8.12. The molecule has 1 N–H and O–H groups in total. The first-order chi connectivity index (χ1) is 7.65. The Kier molecular flexibility index (Phi) is 6.60. The van der Waals surface area contributed by atoms with E-state index in [4.69, 9.17) is 4.74 Å². The van der Waals surface area contributed by atoms with Crippen LogP contribution in [0.2, 0.25) is 0 Å². The normalized spacial score (nSPS) is 13.4. The van der Waals surface area contributed by atoms with Crippen molar-refractivity contribution in [2.45, 2.75) is 52.7 Å². The Bertz CT molecular complexity index is 271. The summed E-state index contributed by atoms with van der Waals surface area (Å²) in [6.45, 7) is 9.44. The molecule has 0 aliphatic carbocycles. The molecule has 4 nitrogen and oxygen atoms in total. The van der Waals surface area contributed by atoms with E-state index in [1.807, 2.05) is 34.6 Å². The summed E-state index contributed by atoms with van der Waals surface area (Å²) in [5, 5.41) is 2.46. The third-order valence-corrected chi connectivity index (χ3v) is 2.36. The molecule has 0 saturated heterocycles. The summed E-state index contributed by atoms with van der Waals surface area (Å²) < 4.78 is 5.28. The fourth-order valence-corrected chi connectivity index (χ4v) is 1.52. The van der Waals surface area contributed by atoms with Gasteiger partial charge in [0.25, 0.3) is 5.24 Å². The van der Waals surface area contributed by atoms with Crippen molar-refractivity contribution in [2.75, 3.05) is 6.26 Å².